The molecule has 2 aliphatic rings. The fourth-order valence-electron chi connectivity index (χ4n) is 4.42. The summed E-state index contributed by atoms with van der Waals surface area (Å²) in [6.07, 6.45) is -4.39. The Kier molecular flexibility index (Phi) is 6.38. The van der Waals surface area contributed by atoms with E-state index < -0.39 is 18.3 Å². The minimum atomic E-state index is -4.80. The second-order valence-electron chi connectivity index (χ2n) is 8.53. The van der Waals surface area contributed by atoms with Crippen LogP contribution in [-0.2, 0) is 22.7 Å². The number of alkyl halides is 3. The van der Waals surface area contributed by atoms with Crippen LogP contribution in [0.15, 0.2) is 40.8 Å². The third-order valence-corrected chi connectivity index (χ3v) is 6.12. The normalized spacial score (nSPS) is 17.3. The molecule has 1 unspecified atom stereocenters. The molecule has 198 valence electrons. The quantitative estimate of drug-likeness (QED) is 0.441. The maximum atomic E-state index is 13.2. The van der Waals surface area contributed by atoms with Gasteiger partial charge in [0, 0.05) is 30.6 Å². The highest BCUT2D eigenvalue weighted by Crippen LogP contribution is 2.36. The second-order valence-corrected chi connectivity index (χ2v) is 8.53. The number of carbonyl (C=O) groups excluding carboxylic acids is 3. The van der Waals surface area contributed by atoms with Gasteiger partial charge in [-0.2, -0.15) is 0 Å². The molecule has 0 spiro atoms. The molecular weight excluding hydrogens is 511 g/mol. The Morgan fingerprint density at radius 2 is 1.89 bits per heavy atom. The van der Waals surface area contributed by atoms with Gasteiger partial charge in [0.25, 0.3) is 5.91 Å². The zero-order chi connectivity index (χ0) is 27.0. The number of hydrogen-bond acceptors (Lipinski definition) is 9. The van der Waals surface area contributed by atoms with Crippen LogP contribution in [0.25, 0.3) is 11.5 Å². The first-order valence-corrected chi connectivity index (χ1v) is 11.4. The molecule has 1 saturated heterocycles. The van der Waals surface area contributed by atoms with Crippen molar-refractivity contribution in [2.45, 2.75) is 38.3 Å². The lowest BCUT2D eigenvalue weighted by Crippen LogP contribution is -2.52. The van der Waals surface area contributed by atoms with E-state index in [0.717, 1.165) is 12.1 Å². The predicted octanol–water partition coefficient (Wildman–Crippen LogP) is 3.02. The second kappa shape index (κ2) is 9.68. The number of nitrogens with one attached hydrogen (secondary N) is 2. The first-order chi connectivity index (χ1) is 18.1. The fraction of sp³-hybridized carbons (Fsp3) is 0.292. The zero-order valence-electron chi connectivity index (χ0n) is 19.8. The summed E-state index contributed by atoms with van der Waals surface area (Å²) in [6.45, 7) is 0.354. The fourth-order valence-corrected chi connectivity index (χ4v) is 4.42. The van der Waals surface area contributed by atoms with Gasteiger partial charge in [0.1, 0.15) is 17.5 Å². The van der Waals surface area contributed by atoms with E-state index in [9.17, 15) is 27.6 Å². The van der Waals surface area contributed by atoms with Crippen molar-refractivity contribution in [3.8, 4) is 23.0 Å². The summed E-state index contributed by atoms with van der Waals surface area (Å²) in [6, 6.07) is 7.78. The largest absolute Gasteiger partial charge is 0.573 e. The standard InChI is InChI=1S/C24H20F3N5O6/c1-36-19-13(2-3-14-11-32(22(35)18(14)19)16-8-9-17(33)29-20(16)34)10-28-23-31-30-21(37-23)12-4-6-15(7-5-12)38-24(25,26)27/h2-7,16H,8-11H2,1H3,(H,28,31)(H,29,33,34). The highest BCUT2D eigenvalue weighted by Gasteiger charge is 2.41. The molecule has 0 saturated carbocycles. The van der Waals surface area contributed by atoms with Gasteiger partial charge in [-0.15, -0.1) is 18.3 Å². The third-order valence-electron chi connectivity index (χ3n) is 6.12. The number of amides is 3. The summed E-state index contributed by atoms with van der Waals surface area (Å²) in [5, 5.41) is 13.0. The van der Waals surface area contributed by atoms with Gasteiger partial charge in [-0.3, -0.25) is 19.7 Å². The molecule has 1 fully saturated rings. The summed E-state index contributed by atoms with van der Waals surface area (Å²) in [7, 11) is 1.43. The molecule has 3 amide bonds. The van der Waals surface area contributed by atoms with Gasteiger partial charge in [0.15, 0.2) is 0 Å². The first-order valence-electron chi connectivity index (χ1n) is 11.4. The molecule has 1 atom stereocenters. The van der Waals surface area contributed by atoms with Gasteiger partial charge >= 0.3 is 12.4 Å². The average Bonchev–Trinajstić information content (AvgIpc) is 3.47. The molecule has 1 aromatic heterocycles. The maximum absolute atomic E-state index is 13.2. The van der Waals surface area contributed by atoms with Crippen molar-refractivity contribution in [2.24, 2.45) is 0 Å². The Morgan fingerprint density at radius 3 is 2.58 bits per heavy atom. The van der Waals surface area contributed by atoms with Crippen molar-refractivity contribution in [3.63, 3.8) is 0 Å². The molecule has 5 rings (SSSR count). The van der Waals surface area contributed by atoms with Crippen LogP contribution in [0.3, 0.4) is 0 Å². The number of methoxy groups -OCH3 is 1. The summed E-state index contributed by atoms with van der Waals surface area (Å²) in [4.78, 5) is 38.5. The first kappa shape index (κ1) is 25.0. The maximum Gasteiger partial charge on any atom is 0.573 e. The van der Waals surface area contributed by atoms with Crippen LogP contribution < -0.4 is 20.1 Å². The number of anilines is 1. The summed E-state index contributed by atoms with van der Waals surface area (Å²) in [5.41, 5.74) is 2.02. The van der Waals surface area contributed by atoms with E-state index in [0.29, 0.717) is 28.0 Å². The zero-order valence-corrected chi connectivity index (χ0v) is 19.8. The average molecular weight is 531 g/mol. The molecule has 11 nitrogen and oxygen atoms in total. The molecule has 3 heterocycles. The number of fused-ring (bicyclic) bond motifs is 1. The van der Waals surface area contributed by atoms with Crippen LogP contribution in [-0.4, -0.2) is 52.3 Å². The molecule has 3 aromatic rings. The van der Waals surface area contributed by atoms with Gasteiger partial charge in [-0.25, -0.2) is 0 Å². The summed E-state index contributed by atoms with van der Waals surface area (Å²) < 4.78 is 52.0. The number of benzene rings is 2. The van der Waals surface area contributed by atoms with E-state index in [2.05, 4.69) is 25.6 Å². The van der Waals surface area contributed by atoms with E-state index in [1.165, 1.54) is 24.1 Å². The molecule has 2 aliphatic heterocycles. The number of piperidine rings is 1. The lowest BCUT2D eigenvalue weighted by atomic mass is 10.0. The van der Waals surface area contributed by atoms with Crippen LogP contribution in [0.4, 0.5) is 19.2 Å². The van der Waals surface area contributed by atoms with Crippen LogP contribution in [0.5, 0.6) is 11.5 Å². The van der Waals surface area contributed by atoms with E-state index in [1.807, 2.05) is 0 Å². The van der Waals surface area contributed by atoms with Crippen molar-refractivity contribution >= 4 is 23.7 Å². The minimum Gasteiger partial charge on any atom is -0.496 e. The predicted molar refractivity (Wildman–Crippen MR) is 123 cm³/mol. The number of hydrogen-bond donors (Lipinski definition) is 2. The Hall–Kier alpha value is -4.62. The SMILES string of the molecule is COc1c(CNc2nnc(-c3ccc(OC(F)(F)F)cc3)o2)ccc2c1C(=O)N(C1CCC(=O)NC1=O)C2. The van der Waals surface area contributed by atoms with Gasteiger partial charge in [0.2, 0.25) is 17.7 Å². The highest BCUT2D eigenvalue weighted by molar-refractivity contribution is 6.06. The molecular formula is C24H20F3N5O6. The van der Waals surface area contributed by atoms with Gasteiger partial charge in [0.05, 0.1) is 12.7 Å². The van der Waals surface area contributed by atoms with Crippen LogP contribution in [0.1, 0.15) is 34.3 Å². The minimum absolute atomic E-state index is 0.0367. The van der Waals surface area contributed by atoms with Gasteiger partial charge in [-0.1, -0.05) is 17.2 Å². The van der Waals surface area contributed by atoms with Gasteiger partial charge in [-0.05, 0) is 36.2 Å². The van der Waals surface area contributed by atoms with Crippen LogP contribution >= 0.6 is 0 Å². The Labute approximate surface area is 212 Å². The Morgan fingerprint density at radius 1 is 1.13 bits per heavy atom. The third kappa shape index (κ3) is 4.96. The van der Waals surface area contributed by atoms with E-state index in [-0.39, 0.29) is 55.4 Å². The summed E-state index contributed by atoms with van der Waals surface area (Å²) in [5.74, 6) is -1.22. The van der Waals surface area contributed by atoms with Crippen molar-refractivity contribution in [1.82, 2.24) is 20.4 Å². The monoisotopic (exact) mass is 531 g/mol. The number of carbonyl (C=O) groups is 3. The molecule has 0 aliphatic carbocycles. The van der Waals surface area contributed by atoms with Crippen LogP contribution in [0.2, 0.25) is 0 Å². The Bertz CT molecular complexity index is 1410. The molecule has 0 bridgehead atoms. The van der Waals surface area contributed by atoms with E-state index in [1.54, 1.807) is 12.1 Å². The lowest BCUT2D eigenvalue weighted by Gasteiger charge is -2.29. The molecule has 38 heavy (non-hydrogen) atoms. The topological polar surface area (TPSA) is 136 Å². The van der Waals surface area contributed by atoms with Crippen LogP contribution in [0, 0.1) is 0 Å². The molecule has 2 N–H and O–H groups in total. The van der Waals surface area contributed by atoms with Crippen molar-refractivity contribution in [1.29, 1.82) is 0 Å². The number of halogens is 3. The smallest absolute Gasteiger partial charge is 0.496 e. The van der Waals surface area contributed by atoms with E-state index >= 15 is 0 Å². The number of ether oxygens (including phenoxy) is 2. The van der Waals surface area contributed by atoms with Crippen molar-refractivity contribution < 1.29 is 41.4 Å². The van der Waals surface area contributed by atoms with Gasteiger partial charge < -0.3 is 24.1 Å². The number of rotatable bonds is 7. The molecule has 2 aromatic carbocycles. The number of aromatic nitrogens is 2. The van der Waals surface area contributed by atoms with Crippen molar-refractivity contribution in [2.75, 3.05) is 12.4 Å². The number of imide groups is 1. The molecule has 14 heteroatoms. The highest BCUT2D eigenvalue weighted by atomic mass is 19.4. The summed E-state index contributed by atoms with van der Waals surface area (Å²) >= 11 is 0. The van der Waals surface area contributed by atoms with E-state index in [4.69, 9.17) is 9.15 Å². The number of nitrogens with zero attached hydrogens (tertiary/aromatic N) is 3. The van der Waals surface area contributed by atoms with Crippen molar-refractivity contribution in [3.05, 3.63) is 53.1 Å². The lowest BCUT2D eigenvalue weighted by molar-refractivity contribution is -0.274. The molecule has 0 radical (unpaired) electrons. The Balaban J connectivity index is 1.28.